The van der Waals surface area contributed by atoms with E-state index in [4.69, 9.17) is 4.74 Å². The minimum atomic E-state index is 0.210. The molecule has 3 rings (SSSR count). The van der Waals surface area contributed by atoms with Crippen molar-refractivity contribution in [1.82, 2.24) is 24.5 Å². The molecular formula is C20H35N5O2. The highest BCUT2D eigenvalue weighted by Crippen LogP contribution is 2.20. The summed E-state index contributed by atoms with van der Waals surface area (Å²) in [6.07, 6.45) is 5.28. The topological polar surface area (TPSA) is 53.8 Å². The Morgan fingerprint density at radius 2 is 2.07 bits per heavy atom. The van der Waals surface area contributed by atoms with E-state index in [0.29, 0.717) is 6.04 Å². The van der Waals surface area contributed by atoms with Crippen LogP contribution in [-0.4, -0.2) is 88.9 Å². The molecule has 152 valence electrons. The molecule has 0 bridgehead atoms. The predicted molar refractivity (Wildman–Crippen MR) is 106 cm³/mol. The summed E-state index contributed by atoms with van der Waals surface area (Å²) < 4.78 is 7.35. The number of likely N-dealkylation sites (tertiary alicyclic amines) is 1. The van der Waals surface area contributed by atoms with E-state index in [-0.39, 0.29) is 5.91 Å². The molecule has 27 heavy (non-hydrogen) atoms. The Labute approximate surface area is 163 Å². The van der Waals surface area contributed by atoms with Crippen LogP contribution in [0.25, 0.3) is 0 Å². The maximum Gasteiger partial charge on any atom is 0.219 e. The van der Waals surface area contributed by atoms with Gasteiger partial charge in [-0.2, -0.15) is 5.10 Å². The van der Waals surface area contributed by atoms with Crippen LogP contribution in [0.3, 0.4) is 0 Å². The van der Waals surface area contributed by atoms with Crippen LogP contribution in [-0.2, 0) is 23.1 Å². The van der Waals surface area contributed by atoms with E-state index in [1.807, 2.05) is 17.9 Å². The zero-order chi connectivity index (χ0) is 19.2. The number of piperidine rings is 1. The van der Waals surface area contributed by atoms with Crippen molar-refractivity contribution in [2.75, 3.05) is 52.5 Å². The standard InChI is InChI=1S/C20H35N5O2/c1-17-19(14-21-22(17)3)15-24-7-4-6-20(16-24)25(18(2)26)9-5-8-23-10-12-27-13-11-23/h14,20H,4-13,15-16H2,1-3H3. The van der Waals surface area contributed by atoms with Gasteiger partial charge in [0, 0.05) is 70.5 Å². The van der Waals surface area contributed by atoms with E-state index in [2.05, 4.69) is 26.7 Å². The Morgan fingerprint density at radius 1 is 1.30 bits per heavy atom. The van der Waals surface area contributed by atoms with Crippen molar-refractivity contribution < 1.29 is 9.53 Å². The summed E-state index contributed by atoms with van der Waals surface area (Å²) in [6, 6.07) is 0.331. The van der Waals surface area contributed by atoms with E-state index < -0.39 is 0 Å². The summed E-state index contributed by atoms with van der Waals surface area (Å²) in [7, 11) is 1.99. The summed E-state index contributed by atoms with van der Waals surface area (Å²) >= 11 is 0. The van der Waals surface area contributed by atoms with Gasteiger partial charge in [-0.25, -0.2) is 0 Å². The van der Waals surface area contributed by atoms with Crippen LogP contribution in [0.5, 0.6) is 0 Å². The van der Waals surface area contributed by atoms with Gasteiger partial charge in [-0.05, 0) is 32.7 Å². The fraction of sp³-hybridized carbons (Fsp3) is 0.800. The van der Waals surface area contributed by atoms with Gasteiger partial charge >= 0.3 is 0 Å². The smallest absolute Gasteiger partial charge is 0.219 e. The van der Waals surface area contributed by atoms with Gasteiger partial charge in [0.15, 0.2) is 0 Å². The first-order valence-corrected chi connectivity index (χ1v) is 10.3. The second-order valence-electron chi connectivity index (χ2n) is 7.93. The first-order chi connectivity index (χ1) is 13.0. The molecule has 0 N–H and O–H groups in total. The number of ether oxygens (including phenoxy) is 1. The number of nitrogens with zero attached hydrogens (tertiary/aromatic N) is 5. The summed E-state index contributed by atoms with van der Waals surface area (Å²) in [5.41, 5.74) is 2.52. The third-order valence-electron chi connectivity index (χ3n) is 6.03. The summed E-state index contributed by atoms with van der Waals surface area (Å²) in [6.45, 7) is 12.4. The molecule has 1 aromatic rings. The number of rotatable bonds is 7. The van der Waals surface area contributed by atoms with Crippen LogP contribution in [0.15, 0.2) is 6.20 Å². The van der Waals surface area contributed by atoms with Gasteiger partial charge in [0.2, 0.25) is 5.91 Å². The minimum absolute atomic E-state index is 0.210. The predicted octanol–water partition coefficient (Wildman–Crippen LogP) is 1.26. The van der Waals surface area contributed by atoms with Crippen molar-refractivity contribution in [3.63, 3.8) is 0 Å². The number of carbonyl (C=O) groups is 1. The third kappa shape index (κ3) is 5.53. The Morgan fingerprint density at radius 3 is 2.74 bits per heavy atom. The van der Waals surface area contributed by atoms with Crippen LogP contribution < -0.4 is 0 Å². The van der Waals surface area contributed by atoms with Gasteiger partial charge < -0.3 is 9.64 Å². The lowest BCUT2D eigenvalue weighted by molar-refractivity contribution is -0.132. The largest absolute Gasteiger partial charge is 0.379 e. The zero-order valence-corrected chi connectivity index (χ0v) is 17.2. The van der Waals surface area contributed by atoms with Crippen molar-refractivity contribution >= 4 is 5.91 Å². The molecule has 1 atom stereocenters. The Kier molecular flexibility index (Phi) is 7.26. The number of amides is 1. The van der Waals surface area contributed by atoms with E-state index in [9.17, 15) is 4.79 Å². The molecule has 2 aliphatic heterocycles. The summed E-state index contributed by atoms with van der Waals surface area (Å²) in [5.74, 6) is 0.210. The molecule has 0 aliphatic carbocycles. The molecule has 2 fully saturated rings. The highest BCUT2D eigenvalue weighted by Gasteiger charge is 2.27. The average Bonchev–Trinajstić information content (AvgIpc) is 2.98. The van der Waals surface area contributed by atoms with Gasteiger partial charge in [-0.3, -0.25) is 19.3 Å². The molecular weight excluding hydrogens is 342 g/mol. The molecule has 2 saturated heterocycles. The third-order valence-corrected chi connectivity index (χ3v) is 6.03. The SMILES string of the molecule is CC(=O)N(CCCN1CCOCC1)C1CCCN(Cc2cnn(C)c2C)C1. The van der Waals surface area contributed by atoms with Crippen LogP contribution in [0.2, 0.25) is 0 Å². The van der Waals surface area contributed by atoms with Crippen LogP contribution in [0.4, 0.5) is 0 Å². The average molecular weight is 378 g/mol. The zero-order valence-electron chi connectivity index (χ0n) is 17.2. The molecule has 0 spiro atoms. The van der Waals surface area contributed by atoms with Crippen LogP contribution in [0.1, 0.15) is 37.4 Å². The fourth-order valence-corrected chi connectivity index (χ4v) is 4.26. The van der Waals surface area contributed by atoms with Crippen LogP contribution in [0, 0.1) is 6.92 Å². The fourth-order valence-electron chi connectivity index (χ4n) is 4.26. The number of aryl methyl sites for hydroxylation is 1. The number of carbonyl (C=O) groups excluding carboxylic acids is 1. The lowest BCUT2D eigenvalue weighted by Crippen LogP contribution is -2.50. The van der Waals surface area contributed by atoms with Gasteiger partial charge in [0.05, 0.1) is 19.4 Å². The normalized spacial score (nSPS) is 22.1. The monoisotopic (exact) mass is 377 g/mol. The lowest BCUT2D eigenvalue weighted by Gasteiger charge is -2.39. The molecule has 0 aromatic carbocycles. The van der Waals surface area contributed by atoms with Gasteiger partial charge in [-0.1, -0.05) is 0 Å². The maximum absolute atomic E-state index is 12.3. The second-order valence-corrected chi connectivity index (χ2v) is 7.93. The van der Waals surface area contributed by atoms with E-state index >= 15 is 0 Å². The summed E-state index contributed by atoms with van der Waals surface area (Å²) in [4.78, 5) is 19.3. The number of aromatic nitrogens is 2. The molecule has 1 unspecified atom stereocenters. The Balaban J connectivity index is 1.51. The molecule has 1 aromatic heterocycles. The molecule has 2 aliphatic rings. The van der Waals surface area contributed by atoms with Crippen LogP contribution >= 0.6 is 0 Å². The molecule has 0 saturated carbocycles. The summed E-state index contributed by atoms with van der Waals surface area (Å²) in [5, 5.41) is 4.36. The van der Waals surface area contributed by atoms with E-state index in [0.717, 1.165) is 78.3 Å². The number of hydrogen-bond acceptors (Lipinski definition) is 5. The van der Waals surface area contributed by atoms with Gasteiger partial charge in [0.1, 0.15) is 0 Å². The molecule has 3 heterocycles. The number of hydrogen-bond donors (Lipinski definition) is 0. The van der Waals surface area contributed by atoms with Crippen molar-refractivity contribution in [3.05, 3.63) is 17.5 Å². The second kappa shape index (κ2) is 9.66. The highest BCUT2D eigenvalue weighted by molar-refractivity contribution is 5.73. The van der Waals surface area contributed by atoms with Crippen molar-refractivity contribution in [2.45, 2.75) is 45.7 Å². The van der Waals surface area contributed by atoms with Crippen molar-refractivity contribution in [3.8, 4) is 0 Å². The van der Waals surface area contributed by atoms with Gasteiger partial charge in [-0.15, -0.1) is 0 Å². The molecule has 7 heteroatoms. The van der Waals surface area contributed by atoms with E-state index in [1.165, 1.54) is 11.3 Å². The van der Waals surface area contributed by atoms with Gasteiger partial charge in [0.25, 0.3) is 0 Å². The first-order valence-electron chi connectivity index (χ1n) is 10.3. The highest BCUT2D eigenvalue weighted by atomic mass is 16.5. The van der Waals surface area contributed by atoms with Crippen molar-refractivity contribution in [2.24, 2.45) is 7.05 Å². The lowest BCUT2D eigenvalue weighted by atomic mass is 10.0. The Bertz CT molecular complexity index is 612. The maximum atomic E-state index is 12.3. The Hall–Kier alpha value is -1.44. The quantitative estimate of drug-likeness (QED) is 0.716. The minimum Gasteiger partial charge on any atom is -0.379 e. The number of morpholine rings is 1. The first kappa shape index (κ1) is 20.3. The molecule has 0 radical (unpaired) electrons. The van der Waals surface area contributed by atoms with Crippen molar-refractivity contribution in [1.29, 1.82) is 0 Å². The molecule has 7 nitrogen and oxygen atoms in total. The molecule has 1 amide bonds. The van der Waals surface area contributed by atoms with E-state index in [1.54, 1.807) is 6.92 Å².